The topological polar surface area (TPSA) is 53.9 Å². The van der Waals surface area contributed by atoms with E-state index in [0.717, 1.165) is 37.2 Å². The summed E-state index contributed by atoms with van der Waals surface area (Å²) in [6, 6.07) is 14.9. The Morgan fingerprint density at radius 1 is 1.08 bits per heavy atom. The molecule has 0 saturated heterocycles. The van der Waals surface area contributed by atoms with Gasteiger partial charge in [-0.25, -0.2) is 4.39 Å². The number of para-hydroxylation sites is 1. The summed E-state index contributed by atoms with van der Waals surface area (Å²) >= 11 is 0. The molecule has 0 unspecified atom stereocenters. The van der Waals surface area contributed by atoms with Crippen molar-refractivity contribution in [2.24, 2.45) is 0 Å². The van der Waals surface area contributed by atoms with E-state index in [2.05, 4.69) is 43.6 Å². The summed E-state index contributed by atoms with van der Waals surface area (Å²) in [4.78, 5) is 6.81. The Hall–Kier alpha value is -3.02. The van der Waals surface area contributed by atoms with Crippen molar-refractivity contribution in [3.05, 3.63) is 71.7 Å². The molecule has 5 nitrogen and oxygen atoms in total. The number of benzene rings is 2. The van der Waals surface area contributed by atoms with Crippen molar-refractivity contribution in [2.45, 2.75) is 19.3 Å². The second-order valence-electron chi connectivity index (χ2n) is 6.33. The lowest BCUT2D eigenvalue weighted by Crippen LogP contribution is -2.26. The molecule has 2 heterocycles. The Bertz CT molecular complexity index is 881. The molecule has 1 aromatic heterocycles. The van der Waals surface area contributed by atoms with E-state index < -0.39 is 0 Å². The van der Waals surface area contributed by atoms with Crippen LogP contribution in [0.3, 0.4) is 0 Å². The van der Waals surface area contributed by atoms with Crippen molar-refractivity contribution < 1.29 is 4.39 Å². The highest BCUT2D eigenvalue weighted by atomic mass is 19.1. The Labute approximate surface area is 151 Å². The third-order valence-corrected chi connectivity index (χ3v) is 4.54. The number of hydrogen-bond acceptors (Lipinski definition) is 5. The Morgan fingerprint density at radius 2 is 1.92 bits per heavy atom. The van der Waals surface area contributed by atoms with Crippen LogP contribution in [0.25, 0.3) is 0 Å². The quantitative estimate of drug-likeness (QED) is 0.760. The number of aryl methyl sites for hydroxylation is 1. The minimum Gasteiger partial charge on any atom is -0.353 e. The molecule has 0 saturated carbocycles. The third kappa shape index (κ3) is 3.64. The molecule has 0 aliphatic carbocycles. The maximum absolute atomic E-state index is 13.0. The van der Waals surface area contributed by atoms with Crippen molar-refractivity contribution in [1.29, 1.82) is 0 Å². The molecule has 2 aromatic carbocycles. The number of nitrogens with zero attached hydrogens (tertiary/aromatic N) is 4. The van der Waals surface area contributed by atoms with Crippen molar-refractivity contribution in [3.63, 3.8) is 0 Å². The van der Waals surface area contributed by atoms with Crippen LogP contribution in [0.5, 0.6) is 0 Å². The zero-order valence-corrected chi connectivity index (χ0v) is 14.4. The number of fused-ring (bicyclic) bond motifs is 1. The molecule has 0 bridgehead atoms. The van der Waals surface area contributed by atoms with Crippen LogP contribution in [-0.4, -0.2) is 28.3 Å². The van der Waals surface area contributed by atoms with E-state index in [1.54, 1.807) is 18.3 Å². The summed E-state index contributed by atoms with van der Waals surface area (Å²) in [7, 11) is 0. The molecule has 26 heavy (non-hydrogen) atoms. The minimum atomic E-state index is -0.219. The van der Waals surface area contributed by atoms with E-state index in [-0.39, 0.29) is 5.82 Å². The normalized spacial score (nSPS) is 13.3. The molecule has 0 fully saturated rings. The third-order valence-electron chi connectivity index (χ3n) is 4.54. The van der Waals surface area contributed by atoms with E-state index >= 15 is 0 Å². The zero-order chi connectivity index (χ0) is 17.8. The molecule has 4 rings (SSSR count). The largest absolute Gasteiger partial charge is 0.353 e. The van der Waals surface area contributed by atoms with Gasteiger partial charge in [0.25, 0.3) is 0 Å². The van der Waals surface area contributed by atoms with Crippen LogP contribution in [0.2, 0.25) is 0 Å². The number of anilines is 3. The smallest absolute Gasteiger partial charge is 0.244 e. The van der Waals surface area contributed by atoms with Gasteiger partial charge in [-0.2, -0.15) is 10.1 Å². The molecule has 1 aliphatic rings. The van der Waals surface area contributed by atoms with Gasteiger partial charge in [0.1, 0.15) is 5.82 Å². The van der Waals surface area contributed by atoms with Crippen LogP contribution >= 0.6 is 0 Å². The zero-order valence-electron chi connectivity index (χ0n) is 14.4. The average Bonchev–Trinajstić information content (AvgIpc) is 2.69. The Balaban J connectivity index is 1.45. The summed E-state index contributed by atoms with van der Waals surface area (Å²) in [5.74, 6) is 1.09. The highest BCUT2D eigenvalue weighted by Crippen LogP contribution is 2.31. The second-order valence-corrected chi connectivity index (χ2v) is 6.33. The Kier molecular flexibility index (Phi) is 4.73. The molecular formula is C20H20FN5. The van der Waals surface area contributed by atoms with Gasteiger partial charge < -0.3 is 10.2 Å². The van der Waals surface area contributed by atoms with Gasteiger partial charge in [-0.05, 0) is 48.6 Å². The molecular weight excluding hydrogens is 329 g/mol. The highest BCUT2D eigenvalue weighted by molar-refractivity contribution is 5.65. The average molecular weight is 349 g/mol. The number of hydrogen-bond donors (Lipinski definition) is 1. The number of halogens is 1. The predicted molar refractivity (Wildman–Crippen MR) is 100 cm³/mol. The first-order valence-corrected chi connectivity index (χ1v) is 8.83. The fourth-order valence-corrected chi connectivity index (χ4v) is 3.24. The molecule has 0 spiro atoms. The van der Waals surface area contributed by atoms with Crippen molar-refractivity contribution in [3.8, 4) is 0 Å². The molecule has 132 valence electrons. The van der Waals surface area contributed by atoms with E-state index in [0.29, 0.717) is 12.5 Å². The van der Waals surface area contributed by atoms with Crippen LogP contribution in [-0.2, 0) is 12.8 Å². The van der Waals surface area contributed by atoms with Gasteiger partial charge >= 0.3 is 0 Å². The summed E-state index contributed by atoms with van der Waals surface area (Å²) in [5, 5.41) is 11.4. The highest BCUT2D eigenvalue weighted by Gasteiger charge is 2.19. The van der Waals surface area contributed by atoms with Gasteiger partial charge in [0.05, 0.1) is 6.20 Å². The standard InChI is InChI=1S/C20H20FN5/c21-17-9-7-15(8-10-17)11-12-22-20-24-19(14-23-25-20)26-13-3-5-16-4-1-2-6-18(16)26/h1-2,4,6-10,14H,3,5,11-13H2,(H,22,24,25). The summed E-state index contributed by atoms with van der Waals surface area (Å²) in [6.07, 6.45) is 4.65. The lowest BCUT2D eigenvalue weighted by Gasteiger charge is -2.30. The van der Waals surface area contributed by atoms with Crippen LogP contribution in [0, 0.1) is 5.82 Å². The molecule has 1 aliphatic heterocycles. The number of aromatic nitrogens is 3. The molecule has 0 radical (unpaired) electrons. The SMILES string of the molecule is Fc1ccc(CCNc2nncc(N3CCCc4ccccc43)n2)cc1. The predicted octanol–water partition coefficient (Wildman–Crippen LogP) is 3.75. The lowest BCUT2D eigenvalue weighted by atomic mass is 10.0. The molecule has 1 N–H and O–H groups in total. The second kappa shape index (κ2) is 7.47. The summed E-state index contributed by atoms with van der Waals surface area (Å²) in [6.45, 7) is 1.58. The fourth-order valence-electron chi connectivity index (χ4n) is 3.24. The lowest BCUT2D eigenvalue weighted by molar-refractivity contribution is 0.627. The molecule has 6 heteroatoms. The van der Waals surface area contributed by atoms with Crippen molar-refractivity contribution >= 4 is 17.5 Å². The first-order chi connectivity index (χ1) is 12.8. The van der Waals surface area contributed by atoms with Gasteiger partial charge in [-0.15, -0.1) is 5.10 Å². The van der Waals surface area contributed by atoms with Crippen molar-refractivity contribution in [2.75, 3.05) is 23.3 Å². The molecule has 3 aromatic rings. The van der Waals surface area contributed by atoms with Crippen LogP contribution in [0.1, 0.15) is 17.5 Å². The first kappa shape index (κ1) is 16.4. The van der Waals surface area contributed by atoms with Crippen LogP contribution in [0.15, 0.2) is 54.7 Å². The van der Waals surface area contributed by atoms with Crippen LogP contribution in [0.4, 0.5) is 21.8 Å². The number of rotatable bonds is 5. The van der Waals surface area contributed by atoms with Gasteiger partial charge in [0, 0.05) is 18.8 Å². The monoisotopic (exact) mass is 349 g/mol. The van der Waals surface area contributed by atoms with E-state index in [4.69, 9.17) is 0 Å². The first-order valence-electron chi connectivity index (χ1n) is 8.83. The van der Waals surface area contributed by atoms with Gasteiger partial charge in [0.2, 0.25) is 5.95 Å². The van der Waals surface area contributed by atoms with E-state index in [1.807, 2.05) is 6.07 Å². The van der Waals surface area contributed by atoms with E-state index in [1.165, 1.54) is 23.4 Å². The van der Waals surface area contributed by atoms with E-state index in [9.17, 15) is 4.39 Å². The number of nitrogens with one attached hydrogen (secondary N) is 1. The maximum Gasteiger partial charge on any atom is 0.244 e. The maximum atomic E-state index is 13.0. The van der Waals surface area contributed by atoms with Crippen LogP contribution < -0.4 is 10.2 Å². The van der Waals surface area contributed by atoms with Gasteiger partial charge in [-0.3, -0.25) is 0 Å². The Morgan fingerprint density at radius 3 is 2.81 bits per heavy atom. The summed E-state index contributed by atoms with van der Waals surface area (Å²) in [5.41, 5.74) is 3.59. The summed E-state index contributed by atoms with van der Waals surface area (Å²) < 4.78 is 13.0. The van der Waals surface area contributed by atoms with Gasteiger partial charge in [-0.1, -0.05) is 30.3 Å². The van der Waals surface area contributed by atoms with Crippen molar-refractivity contribution in [1.82, 2.24) is 15.2 Å². The molecule has 0 amide bonds. The fraction of sp³-hybridized carbons (Fsp3) is 0.250. The van der Waals surface area contributed by atoms with Gasteiger partial charge in [0.15, 0.2) is 5.82 Å². The minimum absolute atomic E-state index is 0.219. The molecule has 0 atom stereocenters.